The van der Waals surface area contributed by atoms with Gasteiger partial charge in [-0.1, -0.05) is 18.2 Å². The van der Waals surface area contributed by atoms with Crippen LogP contribution in [0.15, 0.2) is 53.7 Å². The van der Waals surface area contributed by atoms with Crippen LogP contribution in [0.2, 0.25) is 0 Å². The van der Waals surface area contributed by atoms with Crippen LogP contribution in [0, 0.1) is 13.8 Å². The molecule has 146 valence electrons. The molecule has 4 rings (SSSR count). The maximum absolute atomic E-state index is 13.7. The molecule has 0 aliphatic carbocycles. The molecule has 0 unspecified atom stereocenters. The molecule has 0 spiro atoms. The minimum absolute atomic E-state index is 0.184. The first-order chi connectivity index (χ1) is 13.3. The zero-order valence-electron chi connectivity index (χ0n) is 16.5. The topological polar surface area (TPSA) is 67.2 Å². The van der Waals surface area contributed by atoms with Crippen LogP contribution in [0.3, 0.4) is 0 Å². The van der Waals surface area contributed by atoms with E-state index in [1.54, 1.807) is 21.3 Å². The largest absolute Gasteiger partial charge is 0.381 e. The van der Waals surface area contributed by atoms with Crippen molar-refractivity contribution in [3.05, 3.63) is 59.9 Å². The fraction of sp³-hybridized carbons (Fsp3) is 0.286. The Labute approximate surface area is 165 Å². The van der Waals surface area contributed by atoms with Gasteiger partial charge in [-0.3, -0.25) is 8.99 Å². The van der Waals surface area contributed by atoms with Gasteiger partial charge in [0.15, 0.2) is 0 Å². The third kappa shape index (κ3) is 2.96. The molecule has 0 amide bonds. The highest BCUT2D eigenvalue weighted by Crippen LogP contribution is 2.39. The number of nitrogens with zero attached hydrogens (tertiary/aromatic N) is 3. The highest BCUT2D eigenvalue weighted by molar-refractivity contribution is 7.93. The lowest BCUT2D eigenvalue weighted by atomic mass is 10.1. The average Bonchev–Trinajstić information content (AvgIpc) is 3.08. The van der Waals surface area contributed by atoms with E-state index in [1.165, 1.54) is 0 Å². The van der Waals surface area contributed by atoms with Crippen LogP contribution in [0.5, 0.6) is 0 Å². The van der Waals surface area contributed by atoms with Gasteiger partial charge in [0.2, 0.25) is 0 Å². The van der Waals surface area contributed by atoms with Gasteiger partial charge in [-0.15, -0.1) is 0 Å². The van der Waals surface area contributed by atoms with Crippen molar-refractivity contribution >= 4 is 21.4 Å². The van der Waals surface area contributed by atoms with Gasteiger partial charge >= 0.3 is 0 Å². The molecule has 1 atom stereocenters. The van der Waals surface area contributed by atoms with E-state index < -0.39 is 10.0 Å². The Hall–Kier alpha value is -2.80. The van der Waals surface area contributed by atoms with Crippen LogP contribution in [-0.2, 0) is 17.1 Å². The van der Waals surface area contributed by atoms with E-state index in [9.17, 15) is 8.42 Å². The van der Waals surface area contributed by atoms with E-state index in [4.69, 9.17) is 0 Å². The number of hydrogen-bond donors (Lipinski definition) is 1. The summed E-state index contributed by atoms with van der Waals surface area (Å²) in [5.74, 6) is 0. The molecule has 0 saturated carbocycles. The minimum atomic E-state index is -3.70. The van der Waals surface area contributed by atoms with Gasteiger partial charge in [0.1, 0.15) is 0 Å². The molecule has 1 aromatic heterocycles. The second-order valence-electron chi connectivity index (χ2n) is 7.38. The van der Waals surface area contributed by atoms with E-state index in [0.29, 0.717) is 11.4 Å². The van der Waals surface area contributed by atoms with Crippen molar-refractivity contribution in [2.45, 2.75) is 31.7 Å². The van der Waals surface area contributed by atoms with E-state index in [-0.39, 0.29) is 6.04 Å². The summed E-state index contributed by atoms with van der Waals surface area (Å²) >= 11 is 0. The highest BCUT2D eigenvalue weighted by Gasteiger charge is 2.35. The van der Waals surface area contributed by atoms with Gasteiger partial charge in [0.25, 0.3) is 10.0 Å². The molecule has 28 heavy (non-hydrogen) atoms. The molecule has 2 heterocycles. The number of para-hydroxylation sites is 1. The summed E-state index contributed by atoms with van der Waals surface area (Å²) < 4.78 is 30.6. The van der Waals surface area contributed by atoms with E-state index in [0.717, 1.165) is 33.6 Å². The molecule has 2 aromatic carbocycles. The van der Waals surface area contributed by atoms with Crippen LogP contribution in [0.25, 0.3) is 11.1 Å². The molecule has 1 aliphatic rings. The zero-order valence-corrected chi connectivity index (χ0v) is 17.3. The first-order valence-corrected chi connectivity index (χ1v) is 10.7. The quantitative estimate of drug-likeness (QED) is 0.733. The molecular formula is C21H24N4O2S. The number of aryl methyl sites for hydroxylation is 3. The van der Waals surface area contributed by atoms with Crippen LogP contribution in [0.4, 0.5) is 11.4 Å². The Bertz CT molecular complexity index is 1150. The van der Waals surface area contributed by atoms with Gasteiger partial charge < -0.3 is 5.32 Å². The normalized spacial score (nSPS) is 16.6. The van der Waals surface area contributed by atoms with Crippen molar-refractivity contribution in [3.8, 4) is 11.1 Å². The summed E-state index contributed by atoms with van der Waals surface area (Å²) in [6.45, 7) is 6.29. The fourth-order valence-corrected chi connectivity index (χ4v) is 5.76. The minimum Gasteiger partial charge on any atom is -0.381 e. The Kier molecular flexibility index (Phi) is 4.42. The van der Waals surface area contributed by atoms with E-state index in [2.05, 4.69) is 10.4 Å². The van der Waals surface area contributed by atoms with Gasteiger partial charge in [0.05, 0.1) is 28.5 Å². The molecule has 0 radical (unpaired) electrons. The maximum atomic E-state index is 13.7. The molecule has 0 bridgehead atoms. The maximum Gasteiger partial charge on any atom is 0.264 e. The summed E-state index contributed by atoms with van der Waals surface area (Å²) in [6.07, 6.45) is 3.70. The molecule has 1 N–H and O–H groups in total. The second-order valence-corrected chi connectivity index (χ2v) is 9.17. The summed E-state index contributed by atoms with van der Waals surface area (Å²) in [4.78, 5) is 0.336. The number of fused-ring (bicyclic) bond motifs is 1. The van der Waals surface area contributed by atoms with Crippen LogP contribution >= 0.6 is 0 Å². The third-order valence-electron chi connectivity index (χ3n) is 5.20. The van der Waals surface area contributed by atoms with E-state index in [1.807, 2.05) is 64.3 Å². The SMILES string of the molecule is Cc1cc(-c2cnn(C)c2)ccc1S(=O)(=O)N1c2c(C)cccc2NC[C@H]1C. The predicted octanol–water partition coefficient (Wildman–Crippen LogP) is 3.71. The molecule has 3 aromatic rings. The number of anilines is 2. The van der Waals surface area contributed by atoms with Crippen molar-refractivity contribution in [2.75, 3.05) is 16.2 Å². The van der Waals surface area contributed by atoms with Gasteiger partial charge in [-0.2, -0.15) is 5.10 Å². The number of sulfonamides is 1. The number of rotatable bonds is 3. The lowest BCUT2D eigenvalue weighted by Gasteiger charge is -2.38. The zero-order chi connectivity index (χ0) is 20.1. The summed E-state index contributed by atoms with van der Waals surface area (Å²) in [5.41, 5.74) is 5.16. The van der Waals surface area contributed by atoms with Crippen molar-refractivity contribution in [1.29, 1.82) is 0 Å². The predicted molar refractivity (Wildman–Crippen MR) is 112 cm³/mol. The molecular weight excluding hydrogens is 372 g/mol. The van der Waals surface area contributed by atoms with Crippen LogP contribution in [-0.4, -0.2) is 30.8 Å². The van der Waals surface area contributed by atoms with Gasteiger partial charge in [-0.05, 0) is 55.7 Å². The first kappa shape index (κ1) is 18.6. The Morgan fingerprint density at radius 3 is 2.57 bits per heavy atom. The second kappa shape index (κ2) is 6.67. The molecule has 7 heteroatoms. The standard InChI is InChI=1S/C21H24N4O2S/c1-14-6-5-7-19-21(14)25(16(3)11-22-19)28(26,27)20-9-8-17(10-15(20)2)18-12-23-24(4)13-18/h5-10,12-13,16,22H,11H2,1-4H3/t16-/m1/s1. The third-order valence-corrected chi connectivity index (χ3v) is 7.27. The fourth-order valence-electron chi connectivity index (χ4n) is 3.81. The van der Waals surface area contributed by atoms with Crippen molar-refractivity contribution in [1.82, 2.24) is 9.78 Å². The molecule has 6 nitrogen and oxygen atoms in total. The number of hydrogen-bond acceptors (Lipinski definition) is 4. The Morgan fingerprint density at radius 1 is 1.11 bits per heavy atom. The monoisotopic (exact) mass is 396 g/mol. The highest BCUT2D eigenvalue weighted by atomic mass is 32.2. The molecule has 1 aliphatic heterocycles. The number of nitrogens with one attached hydrogen (secondary N) is 1. The smallest absolute Gasteiger partial charge is 0.264 e. The van der Waals surface area contributed by atoms with E-state index >= 15 is 0 Å². The number of aromatic nitrogens is 2. The van der Waals surface area contributed by atoms with Crippen LogP contribution < -0.4 is 9.62 Å². The van der Waals surface area contributed by atoms with Crippen molar-refractivity contribution in [2.24, 2.45) is 7.05 Å². The van der Waals surface area contributed by atoms with Gasteiger partial charge in [-0.25, -0.2) is 8.42 Å². The Morgan fingerprint density at radius 2 is 1.89 bits per heavy atom. The average molecular weight is 397 g/mol. The lowest BCUT2D eigenvalue weighted by Crippen LogP contribution is -2.46. The summed E-state index contributed by atoms with van der Waals surface area (Å²) in [7, 11) is -1.84. The lowest BCUT2D eigenvalue weighted by molar-refractivity contribution is 0.579. The van der Waals surface area contributed by atoms with Crippen molar-refractivity contribution in [3.63, 3.8) is 0 Å². The van der Waals surface area contributed by atoms with Crippen LogP contribution in [0.1, 0.15) is 18.1 Å². The molecule has 0 saturated heterocycles. The van der Waals surface area contributed by atoms with Gasteiger partial charge in [0, 0.05) is 25.4 Å². The Balaban J connectivity index is 1.81. The summed E-state index contributed by atoms with van der Waals surface area (Å²) in [6, 6.07) is 11.1. The van der Waals surface area contributed by atoms with Crippen molar-refractivity contribution < 1.29 is 8.42 Å². The number of benzene rings is 2. The first-order valence-electron chi connectivity index (χ1n) is 9.26. The molecule has 0 fully saturated rings. The summed E-state index contributed by atoms with van der Waals surface area (Å²) in [5, 5.41) is 7.53.